The summed E-state index contributed by atoms with van der Waals surface area (Å²) in [7, 11) is -3.43. The Labute approximate surface area is 97.8 Å². The van der Waals surface area contributed by atoms with Crippen molar-refractivity contribution in [2.24, 2.45) is 17.6 Å². The number of amides is 1. The van der Waals surface area contributed by atoms with Crippen molar-refractivity contribution in [2.75, 3.05) is 12.8 Å². The average molecular weight is 250 g/mol. The van der Waals surface area contributed by atoms with E-state index in [-0.39, 0.29) is 6.42 Å². The molecule has 0 aromatic rings. The van der Waals surface area contributed by atoms with Crippen molar-refractivity contribution in [2.45, 2.75) is 33.1 Å². The van der Waals surface area contributed by atoms with Crippen LogP contribution in [0.1, 0.15) is 33.1 Å². The van der Waals surface area contributed by atoms with E-state index in [9.17, 15) is 13.2 Å². The van der Waals surface area contributed by atoms with E-state index < -0.39 is 15.9 Å². The monoisotopic (exact) mass is 250 g/mol. The van der Waals surface area contributed by atoms with Crippen LogP contribution < -0.4 is 10.5 Å². The molecule has 0 radical (unpaired) electrons. The molecule has 0 fully saturated rings. The molecule has 1 unspecified atom stereocenters. The molecule has 0 rings (SSSR count). The fourth-order valence-corrected chi connectivity index (χ4v) is 2.12. The second-order valence-electron chi connectivity index (χ2n) is 4.42. The summed E-state index contributed by atoms with van der Waals surface area (Å²) in [5.41, 5.74) is 5.48. The molecule has 0 aliphatic rings. The molecule has 1 atom stereocenters. The normalized spacial score (nSPS) is 13.8. The van der Waals surface area contributed by atoms with Crippen LogP contribution >= 0.6 is 0 Å². The summed E-state index contributed by atoms with van der Waals surface area (Å²) in [4.78, 5) is 11.3. The smallest absolute Gasteiger partial charge is 0.233 e. The summed E-state index contributed by atoms with van der Waals surface area (Å²) in [6, 6.07) is 0. The van der Waals surface area contributed by atoms with Gasteiger partial charge >= 0.3 is 0 Å². The summed E-state index contributed by atoms with van der Waals surface area (Å²) in [5, 5.41) is 0. The fourth-order valence-electron chi connectivity index (χ4n) is 1.60. The van der Waals surface area contributed by atoms with Gasteiger partial charge in [0.1, 0.15) is 0 Å². The van der Waals surface area contributed by atoms with Crippen LogP contribution in [0.15, 0.2) is 0 Å². The lowest BCUT2D eigenvalue weighted by Crippen LogP contribution is -2.30. The van der Waals surface area contributed by atoms with Crippen LogP contribution in [-0.2, 0) is 14.8 Å². The minimum atomic E-state index is -3.43. The molecule has 0 saturated carbocycles. The minimum Gasteiger partial charge on any atom is -0.330 e. The van der Waals surface area contributed by atoms with Crippen molar-refractivity contribution in [3.8, 4) is 0 Å². The SMILES string of the molecule is CC(C)C(CCN)CCC(=O)NS(C)(=O)=O. The fraction of sp³-hybridized carbons (Fsp3) is 0.900. The molecule has 5 nitrogen and oxygen atoms in total. The third-order valence-electron chi connectivity index (χ3n) is 2.52. The molecule has 0 spiro atoms. The lowest BCUT2D eigenvalue weighted by atomic mass is 9.88. The number of sulfonamides is 1. The first-order valence-electron chi connectivity index (χ1n) is 5.47. The van der Waals surface area contributed by atoms with E-state index in [1.807, 2.05) is 4.72 Å². The maximum atomic E-state index is 11.3. The molecular weight excluding hydrogens is 228 g/mol. The molecule has 0 bridgehead atoms. The van der Waals surface area contributed by atoms with E-state index >= 15 is 0 Å². The van der Waals surface area contributed by atoms with Crippen LogP contribution in [0.3, 0.4) is 0 Å². The molecule has 3 N–H and O–H groups in total. The van der Waals surface area contributed by atoms with Crippen molar-refractivity contribution in [1.82, 2.24) is 4.72 Å². The Kier molecular flexibility index (Phi) is 6.59. The van der Waals surface area contributed by atoms with Gasteiger partial charge in [-0.3, -0.25) is 9.52 Å². The van der Waals surface area contributed by atoms with Crippen LogP contribution in [-0.4, -0.2) is 27.1 Å². The van der Waals surface area contributed by atoms with Crippen LogP contribution in [0.25, 0.3) is 0 Å². The Balaban J connectivity index is 4.06. The summed E-state index contributed by atoms with van der Waals surface area (Å²) >= 11 is 0. The van der Waals surface area contributed by atoms with Crippen molar-refractivity contribution < 1.29 is 13.2 Å². The number of nitrogens with two attached hydrogens (primary N) is 1. The maximum absolute atomic E-state index is 11.3. The van der Waals surface area contributed by atoms with Gasteiger partial charge < -0.3 is 5.73 Å². The van der Waals surface area contributed by atoms with Gasteiger partial charge in [-0.15, -0.1) is 0 Å². The average Bonchev–Trinajstić information content (AvgIpc) is 2.08. The molecule has 0 aromatic carbocycles. The lowest BCUT2D eigenvalue weighted by Gasteiger charge is -2.19. The van der Waals surface area contributed by atoms with Crippen LogP contribution in [0.5, 0.6) is 0 Å². The number of rotatable bonds is 7. The van der Waals surface area contributed by atoms with Crippen molar-refractivity contribution in [3.05, 3.63) is 0 Å². The highest BCUT2D eigenvalue weighted by molar-refractivity contribution is 7.89. The number of nitrogens with one attached hydrogen (secondary N) is 1. The molecule has 0 aromatic heterocycles. The third-order valence-corrected chi connectivity index (χ3v) is 3.12. The molecule has 6 heteroatoms. The number of hydrogen-bond donors (Lipinski definition) is 2. The van der Waals surface area contributed by atoms with Crippen molar-refractivity contribution in [1.29, 1.82) is 0 Å². The van der Waals surface area contributed by atoms with Gasteiger partial charge in [-0.25, -0.2) is 8.42 Å². The first-order chi connectivity index (χ1) is 7.26. The number of carbonyl (C=O) groups excluding carboxylic acids is 1. The van der Waals surface area contributed by atoms with Gasteiger partial charge in [-0.2, -0.15) is 0 Å². The van der Waals surface area contributed by atoms with Crippen LogP contribution in [0.2, 0.25) is 0 Å². The summed E-state index contributed by atoms with van der Waals surface area (Å²) in [6.07, 6.45) is 2.75. The number of hydrogen-bond acceptors (Lipinski definition) is 4. The molecule has 0 heterocycles. The van der Waals surface area contributed by atoms with Crippen LogP contribution in [0.4, 0.5) is 0 Å². The zero-order valence-corrected chi connectivity index (χ0v) is 11.0. The summed E-state index contributed by atoms with van der Waals surface area (Å²) < 4.78 is 23.5. The predicted octanol–water partition coefficient (Wildman–Crippen LogP) is 0.463. The Morgan fingerprint density at radius 2 is 1.88 bits per heavy atom. The van der Waals surface area contributed by atoms with Gasteiger partial charge in [0.05, 0.1) is 6.26 Å². The Morgan fingerprint density at radius 1 is 1.31 bits per heavy atom. The predicted molar refractivity (Wildman–Crippen MR) is 64.2 cm³/mol. The molecular formula is C10H22N2O3S. The van der Waals surface area contributed by atoms with E-state index in [2.05, 4.69) is 13.8 Å². The van der Waals surface area contributed by atoms with E-state index in [1.165, 1.54) is 0 Å². The van der Waals surface area contributed by atoms with Crippen LogP contribution in [0, 0.1) is 11.8 Å². The Hall–Kier alpha value is -0.620. The molecule has 0 aliphatic carbocycles. The highest BCUT2D eigenvalue weighted by atomic mass is 32.2. The zero-order chi connectivity index (χ0) is 12.8. The van der Waals surface area contributed by atoms with Gasteiger partial charge in [-0.05, 0) is 31.2 Å². The molecule has 96 valence electrons. The van der Waals surface area contributed by atoms with Gasteiger partial charge in [-0.1, -0.05) is 13.8 Å². The molecule has 0 saturated heterocycles. The standard InChI is InChI=1S/C10H22N2O3S/c1-8(2)9(6-7-11)4-5-10(13)12-16(3,14)15/h8-9H,4-7,11H2,1-3H3,(H,12,13). The van der Waals surface area contributed by atoms with Gasteiger partial charge in [0.2, 0.25) is 15.9 Å². The quantitative estimate of drug-likeness (QED) is 0.687. The molecule has 1 amide bonds. The minimum absolute atomic E-state index is 0.232. The second kappa shape index (κ2) is 6.85. The van der Waals surface area contributed by atoms with Gasteiger partial charge in [0.25, 0.3) is 0 Å². The number of carbonyl (C=O) groups is 1. The largest absolute Gasteiger partial charge is 0.330 e. The topological polar surface area (TPSA) is 89.3 Å². The highest BCUT2D eigenvalue weighted by Gasteiger charge is 2.15. The Bertz CT molecular complexity index is 312. The molecule has 0 aliphatic heterocycles. The maximum Gasteiger partial charge on any atom is 0.233 e. The van der Waals surface area contributed by atoms with E-state index in [1.54, 1.807) is 0 Å². The van der Waals surface area contributed by atoms with Gasteiger partial charge in [0, 0.05) is 6.42 Å². The highest BCUT2D eigenvalue weighted by Crippen LogP contribution is 2.20. The van der Waals surface area contributed by atoms with Gasteiger partial charge in [0.15, 0.2) is 0 Å². The third kappa shape index (κ3) is 7.64. The first kappa shape index (κ1) is 15.4. The van der Waals surface area contributed by atoms with Crippen molar-refractivity contribution >= 4 is 15.9 Å². The lowest BCUT2D eigenvalue weighted by molar-refractivity contribution is -0.119. The molecule has 16 heavy (non-hydrogen) atoms. The van der Waals surface area contributed by atoms with E-state index in [0.717, 1.165) is 12.7 Å². The summed E-state index contributed by atoms with van der Waals surface area (Å²) in [6.45, 7) is 4.75. The zero-order valence-electron chi connectivity index (χ0n) is 10.2. The van der Waals surface area contributed by atoms with E-state index in [4.69, 9.17) is 5.73 Å². The van der Waals surface area contributed by atoms with Crippen molar-refractivity contribution in [3.63, 3.8) is 0 Å². The van der Waals surface area contributed by atoms with E-state index in [0.29, 0.717) is 24.8 Å². The summed E-state index contributed by atoms with van der Waals surface area (Å²) in [5.74, 6) is 0.384. The second-order valence-corrected chi connectivity index (χ2v) is 6.17. The Morgan fingerprint density at radius 3 is 2.25 bits per heavy atom. The first-order valence-corrected chi connectivity index (χ1v) is 7.36.